The van der Waals surface area contributed by atoms with Crippen LogP contribution in [0.5, 0.6) is 0 Å². The second kappa shape index (κ2) is 7.23. The number of aromatic nitrogens is 2. The van der Waals surface area contributed by atoms with Gasteiger partial charge in [0.2, 0.25) is 11.8 Å². The third-order valence-corrected chi connectivity index (χ3v) is 3.73. The molecule has 0 bridgehead atoms. The van der Waals surface area contributed by atoms with Crippen LogP contribution in [0.15, 0.2) is 34.7 Å². The zero-order valence-corrected chi connectivity index (χ0v) is 14.8. The molecule has 2 aromatic rings. The number of likely N-dealkylation sites (tertiary alicyclic amines) is 1. The van der Waals surface area contributed by atoms with Crippen LogP contribution in [0.1, 0.15) is 33.1 Å². The molecule has 25 heavy (non-hydrogen) atoms. The van der Waals surface area contributed by atoms with Gasteiger partial charge in [-0.3, -0.25) is 0 Å². The van der Waals surface area contributed by atoms with Crippen LogP contribution in [0.25, 0.3) is 11.5 Å². The van der Waals surface area contributed by atoms with Crippen LogP contribution in [-0.2, 0) is 16.1 Å². The van der Waals surface area contributed by atoms with Gasteiger partial charge in [0.05, 0.1) is 12.6 Å². The van der Waals surface area contributed by atoms with Crippen LogP contribution in [0.3, 0.4) is 0 Å². The summed E-state index contributed by atoms with van der Waals surface area (Å²) in [7, 11) is 0. The minimum Gasteiger partial charge on any atom is -0.444 e. The molecule has 0 radical (unpaired) electrons. The number of hydrogen-bond acceptors (Lipinski definition) is 6. The quantitative estimate of drug-likeness (QED) is 0.846. The second-order valence-corrected chi connectivity index (χ2v) is 7.02. The summed E-state index contributed by atoms with van der Waals surface area (Å²) in [6.45, 7) is 6.93. The lowest BCUT2D eigenvalue weighted by molar-refractivity contribution is 0.0150. The van der Waals surface area contributed by atoms with Crippen LogP contribution < -0.4 is 0 Å². The number of carbonyl (C=O) groups excluding carboxylic acids is 1. The Morgan fingerprint density at radius 1 is 1.28 bits per heavy atom. The molecule has 0 aliphatic carbocycles. The van der Waals surface area contributed by atoms with Crippen LogP contribution in [0.2, 0.25) is 0 Å². The number of carbonyl (C=O) groups is 1. The van der Waals surface area contributed by atoms with E-state index in [0.717, 1.165) is 12.0 Å². The Kier molecular flexibility index (Phi) is 5.03. The fourth-order valence-corrected chi connectivity index (χ4v) is 2.56. The maximum atomic E-state index is 12.0. The second-order valence-electron chi connectivity index (χ2n) is 7.02. The fourth-order valence-electron chi connectivity index (χ4n) is 2.56. The molecule has 1 aliphatic rings. The molecular weight excluding hydrogens is 322 g/mol. The first-order valence-electron chi connectivity index (χ1n) is 8.38. The summed E-state index contributed by atoms with van der Waals surface area (Å²) < 4.78 is 16.8. The Morgan fingerprint density at radius 2 is 2.04 bits per heavy atom. The molecule has 1 aromatic carbocycles. The van der Waals surface area contributed by atoms with Gasteiger partial charge in [0, 0.05) is 12.1 Å². The summed E-state index contributed by atoms with van der Waals surface area (Å²) in [5.41, 5.74) is 0.381. The summed E-state index contributed by atoms with van der Waals surface area (Å²) in [5.74, 6) is 0.899. The average molecular weight is 345 g/mol. The lowest BCUT2D eigenvalue weighted by atomic mass is 10.2. The van der Waals surface area contributed by atoms with Crippen molar-refractivity contribution in [1.29, 1.82) is 0 Å². The van der Waals surface area contributed by atoms with Gasteiger partial charge in [-0.25, -0.2) is 4.79 Å². The highest BCUT2D eigenvalue weighted by atomic mass is 16.6. The van der Waals surface area contributed by atoms with Gasteiger partial charge in [-0.15, -0.1) is 10.2 Å². The van der Waals surface area contributed by atoms with E-state index >= 15 is 0 Å². The third-order valence-electron chi connectivity index (χ3n) is 3.73. The van der Waals surface area contributed by atoms with E-state index in [-0.39, 0.29) is 18.8 Å². The molecule has 1 atom stereocenters. The number of hydrogen-bond donors (Lipinski definition) is 0. The Balaban J connectivity index is 1.49. The van der Waals surface area contributed by atoms with E-state index in [2.05, 4.69) is 10.2 Å². The minimum atomic E-state index is -0.492. The first-order valence-corrected chi connectivity index (χ1v) is 8.38. The van der Waals surface area contributed by atoms with Crippen molar-refractivity contribution in [3.05, 3.63) is 36.2 Å². The summed E-state index contributed by atoms with van der Waals surface area (Å²) in [6.07, 6.45) is 0.404. The van der Waals surface area contributed by atoms with Crippen molar-refractivity contribution in [3.63, 3.8) is 0 Å². The molecular formula is C18H23N3O4. The normalized spacial score (nSPS) is 17.7. The predicted molar refractivity (Wildman–Crippen MR) is 90.7 cm³/mol. The Hall–Kier alpha value is -2.41. The lowest BCUT2D eigenvalue weighted by Gasteiger charge is -2.24. The minimum absolute atomic E-state index is 0.0559. The van der Waals surface area contributed by atoms with E-state index in [0.29, 0.717) is 24.9 Å². The Labute approximate surface area is 146 Å². The van der Waals surface area contributed by atoms with Crippen LogP contribution in [0.4, 0.5) is 4.79 Å². The molecule has 2 heterocycles. The SMILES string of the molecule is CC(C)(C)OC(=O)N1CC[C@@H](OCc2nnc(-c3ccccc3)o2)C1. The van der Waals surface area contributed by atoms with Crippen LogP contribution in [0, 0.1) is 0 Å². The molecule has 1 aromatic heterocycles. The van der Waals surface area contributed by atoms with Crippen molar-refractivity contribution in [2.45, 2.75) is 45.5 Å². The number of rotatable bonds is 4. The first-order chi connectivity index (χ1) is 11.9. The molecule has 0 N–H and O–H groups in total. The molecule has 1 amide bonds. The summed E-state index contributed by atoms with van der Waals surface area (Å²) >= 11 is 0. The van der Waals surface area contributed by atoms with Crippen molar-refractivity contribution >= 4 is 6.09 Å². The molecule has 1 aliphatic heterocycles. The maximum absolute atomic E-state index is 12.0. The highest BCUT2D eigenvalue weighted by Gasteiger charge is 2.30. The number of nitrogens with zero attached hydrogens (tertiary/aromatic N) is 3. The van der Waals surface area contributed by atoms with Crippen LogP contribution in [-0.4, -0.2) is 46.0 Å². The third kappa shape index (κ3) is 4.79. The van der Waals surface area contributed by atoms with Gasteiger partial charge in [0.1, 0.15) is 12.2 Å². The number of ether oxygens (including phenoxy) is 2. The van der Waals surface area contributed by atoms with Gasteiger partial charge in [0.15, 0.2) is 0 Å². The highest BCUT2D eigenvalue weighted by molar-refractivity contribution is 5.68. The molecule has 7 nitrogen and oxygen atoms in total. The van der Waals surface area contributed by atoms with E-state index in [9.17, 15) is 4.79 Å². The van der Waals surface area contributed by atoms with Crippen LogP contribution >= 0.6 is 0 Å². The van der Waals surface area contributed by atoms with Gasteiger partial charge in [0.25, 0.3) is 0 Å². The standard InChI is InChI=1S/C18H23N3O4/c1-18(2,3)25-17(22)21-10-9-14(11-21)23-12-15-19-20-16(24-15)13-7-5-4-6-8-13/h4-8,14H,9-12H2,1-3H3/t14-/m1/s1. The van der Waals surface area contributed by atoms with Crippen molar-refractivity contribution < 1.29 is 18.7 Å². The monoisotopic (exact) mass is 345 g/mol. The van der Waals surface area contributed by atoms with Gasteiger partial charge in [-0.1, -0.05) is 18.2 Å². The highest BCUT2D eigenvalue weighted by Crippen LogP contribution is 2.20. The van der Waals surface area contributed by atoms with Gasteiger partial charge >= 0.3 is 6.09 Å². The molecule has 1 saturated heterocycles. The van der Waals surface area contributed by atoms with Gasteiger partial charge < -0.3 is 18.8 Å². The predicted octanol–water partition coefficient (Wildman–Crippen LogP) is 3.26. The summed E-state index contributed by atoms with van der Waals surface area (Å²) in [6, 6.07) is 9.58. The molecule has 1 fully saturated rings. The van der Waals surface area contributed by atoms with Gasteiger partial charge in [-0.05, 0) is 39.3 Å². The van der Waals surface area contributed by atoms with E-state index in [1.165, 1.54) is 0 Å². The molecule has 3 rings (SSSR count). The summed E-state index contributed by atoms with van der Waals surface area (Å²) in [5, 5.41) is 8.04. The van der Waals surface area contributed by atoms with Gasteiger partial charge in [-0.2, -0.15) is 0 Å². The number of amides is 1. The zero-order chi connectivity index (χ0) is 17.9. The smallest absolute Gasteiger partial charge is 0.410 e. The largest absolute Gasteiger partial charge is 0.444 e. The van der Waals surface area contributed by atoms with E-state index in [1.54, 1.807) is 4.90 Å². The molecule has 0 spiro atoms. The van der Waals surface area contributed by atoms with Crippen molar-refractivity contribution in [1.82, 2.24) is 15.1 Å². The molecule has 134 valence electrons. The summed E-state index contributed by atoms with van der Waals surface area (Å²) in [4.78, 5) is 13.7. The van der Waals surface area contributed by atoms with E-state index in [1.807, 2.05) is 51.1 Å². The van der Waals surface area contributed by atoms with E-state index < -0.39 is 5.60 Å². The topological polar surface area (TPSA) is 77.7 Å². The molecule has 7 heteroatoms. The Bertz CT molecular complexity index is 709. The van der Waals surface area contributed by atoms with Crippen molar-refractivity contribution in [2.24, 2.45) is 0 Å². The van der Waals surface area contributed by atoms with Crippen molar-refractivity contribution in [3.8, 4) is 11.5 Å². The zero-order valence-electron chi connectivity index (χ0n) is 14.8. The fraction of sp³-hybridized carbons (Fsp3) is 0.500. The lowest BCUT2D eigenvalue weighted by Crippen LogP contribution is -2.36. The van der Waals surface area contributed by atoms with E-state index in [4.69, 9.17) is 13.9 Å². The number of benzene rings is 1. The molecule has 0 saturated carbocycles. The average Bonchev–Trinajstić information content (AvgIpc) is 3.22. The maximum Gasteiger partial charge on any atom is 0.410 e. The molecule has 0 unspecified atom stereocenters. The first kappa shape index (κ1) is 17.4. The van der Waals surface area contributed by atoms with Crippen molar-refractivity contribution in [2.75, 3.05) is 13.1 Å². The Morgan fingerprint density at radius 3 is 2.76 bits per heavy atom.